The summed E-state index contributed by atoms with van der Waals surface area (Å²) >= 11 is 0. The van der Waals surface area contributed by atoms with Crippen molar-refractivity contribution < 1.29 is 13.9 Å². The molecule has 0 bridgehead atoms. The molecule has 1 amide bonds. The maximum absolute atomic E-state index is 12.9. The van der Waals surface area contributed by atoms with Crippen LogP contribution in [-0.2, 0) is 11.2 Å². The van der Waals surface area contributed by atoms with E-state index >= 15 is 0 Å². The fourth-order valence-corrected chi connectivity index (χ4v) is 5.00. The summed E-state index contributed by atoms with van der Waals surface area (Å²) in [5.41, 5.74) is 1.81. The molecule has 1 spiro atoms. The lowest BCUT2D eigenvalue weighted by Gasteiger charge is -2.28. The number of benzene rings is 1. The Bertz CT molecular complexity index is 867. The molecule has 2 aliphatic carbocycles. The number of piperidine rings is 1. The van der Waals surface area contributed by atoms with E-state index in [4.69, 9.17) is 9.15 Å². The molecule has 5 rings (SSSR count). The average molecular weight is 323 g/mol. The molecule has 4 heteroatoms. The lowest BCUT2D eigenvalue weighted by molar-refractivity contribution is -0.127. The molecule has 24 heavy (non-hydrogen) atoms. The fraction of sp³-hybridized carbons (Fsp3) is 0.450. The molecule has 4 unspecified atom stereocenters. The van der Waals surface area contributed by atoms with E-state index in [1.54, 1.807) is 13.4 Å². The molecule has 1 aliphatic heterocycles. The largest absolute Gasteiger partial charge is 0.497 e. The Hall–Kier alpha value is -2.23. The van der Waals surface area contributed by atoms with E-state index in [1.807, 2.05) is 18.2 Å². The van der Waals surface area contributed by atoms with Crippen LogP contribution in [0.3, 0.4) is 0 Å². The second-order valence-corrected chi connectivity index (χ2v) is 7.27. The van der Waals surface area contributed by atoms with Crippen LogP contribution >= 0.6 is 0 Å². The molecule has 1 aromatic carbocycles. The number of carbonyl (C=O) groups is 1. The first-order chi connectivity index (χ1) is 11.7. The van der Waals surface area contributed by atoms with E-state index in [9.17, 15) is 4.79 Å². The van der Waals surface area contributed by atoms with Crippen molar-refractivity contribution in [2.24, 2.45) is 11.8 Å². The Kier molecular flexibility index (Phi) is 2.74. The first kappa shape index (κ1) is 14.1. The lowest BCUT2D eigenvalue weighted by atomic mass is 9.83. The number of furan rings is 1. The van der Waals surface area contributed by atoms with Crippen molar-refractivity contribution >= 4 is 16.9 Å². The summed E-state index contributed by atoms with van der Waals surface area (Å²) in [6, 6.07) is 6.19. The van der Waals surface area contributed by atoms with Crippen molar-refractivity contribution in [1.82, 2.24) is 4.90 Å². The van der Waals surface area contributed by atoms with Gasteiger partial charge in [-0.05, 0) is 24.5 Å². The molecule has 3 aliphatic rings. The number of methoxy groups -OCH3 is 1. The highest BCUT2D eigenvalue weighted by atomic mass is 16.5. The van der Waals surface area contributed by atoms with E-state index in [0.29, 0.717) is 24.3 Å². The van der Waals surface area contributed by atoms with Gasteiger partial charge in [-0.1, -0.05) is 25.5 Å². The number of likely N-dealkylation sites (tertiary alicyclic amines) is 1. The fourth-order valence-electron chi connectivity index (χ4n) is 5.00. The molecule has 4 atom stereocenters. The zero-order valence-corrected chi connectivity index (χ0v) is 14.0. The van der Waals surface area contributed by atoms with Gasteiger partial charge >= 0.3 is 0 Å². The van der Waals surface area contributed by atoms with Gasteiger partial charge < -0.3 is 14.1 Å². The molecule has 4 nitrogen and oxygen atoms in total. The molecular formula is C20H21NO3. The van der Waals surface area contributed by atoms with Crippen LogP contribution in [0, 0.1) is 11.8 Å². The summed E-state index contributed by atoms with van der Waals surface area (Å²) in [6.07, 6.45) is 9.07. The average Bonchev–Trinajstić information content (AvgIpc) is 3.09. The Morgan fingerprint density at radius 1 is 1.46 bits per heavy atom. The standard InChI is InChI=1S/C20H21NO3/c1-3-12-8-14-6-7-20(14)19(12)21(20)18(22)9-13-11-24-17-10-15(23-2)4-5-16(13)17/h4-7,10-12,14,19H,3,8-9H2,1-2H3. The molecule has 2 aromatic rings. The molecule has 1 saturated carbocycles. The van der Waals surface area contributed by atoms with Crippen LogP contribution in [0.15, 0.2) is 41.0 Å². The Morgan fingerprint density at radius 3 is 3.04 bits per heavy atom. The predicted octanol–water partition coefficient (Wildman–Crippen LogP) is 3.55. The van der Waals surface area contributed by atoms with E-state index in [2.05, 4.69) is 24.0 Å². The Balaban J connectivity index is 1.40. The quantitative estimate of drug-likeness (QED) is 0.638. The zero-order valence-electron chi connectivity index (χ0n) is 14.0. The second-order valence-electron chi connectivity index (χ2n) is 7.27. The summed E-state index contributed by atoms with van der Waals surface area (Å²) in [6.45, 7) is 2.24. The maximum Gasteiger partial charge on any atom is 0.228 e. The van der Waals surface area contributed by atoms with Crippen molar-refractivity contribution in [2.45, 2.75) is 37.8 Å². The minimum Gasteiger partial charge on any atom is -0.497 e. The van der Waals surface area contributed by atoms with Gasteiger partial charge in [0, 0.05) is 22.9 Å². The summed E-state index contributed by atoms with van der Waals surface area (Å²) in [4.78, 5) is 15.1. The number of fused-ring (bicyclic) bond motifs is 1. The Morgan fingerprint density at radius 2 is 2.33 bits per heavy atom. The monoisotopic (exact) mass is 323 g/mol. The highest BCUT2D eigenvalue weighted by Gasteiger charge is 2.75. The molecule has 0 N–H and O–H groups in total. The van der Waals surface area contributed by atoms with Crippen LogP contribution in [0.2, 0.25) is 0 Å². The van der Waals surface area contributed by atoms with Crippen molar-refractivity contribution in [3.8, 4) is 5.75 Å². The highest BCUT2D eigenvalue weighted by molar-refractivity contribution is 5.91. The van der Waals surface area contributed by atoms with Crippen LogP contribution in [0.1, 0.15) is 25.3 Å². The van der Waals surface area contributed by atoms with E-state index in [1.165, 1.54) is 6.42 Å². The van der Waals surface area contributed by atoms with Gasteiger partial charge in [-0.25, -0.2) is 0 Å². The third-order valence-electron chi connectivity index (χ3n) is 6.29. The first-order valence-corrected chi connectivity index (χ1v) is 8.74. The van der Waals surface area contributed by atoms with Gasteiger partial charge in [0.1, 0.15) is 11.3 Å². The number of rotatable bonds is 4. The maximum atomic E-state index is 12.9. The van der Waals surface area contributed by atoms with Gasteiger partial charge in [0.25, 0.3) is 0 Å². The molecule has 0 radical (unpaired) electrons. The topological polar surface area (TPSA) is 42.5 Å². The van der Waals surface area contributed by atoms with E-state index < -0.39 is 0 Å². The minimum absolute atomic E-state index is 0.0700. The lowest BCUT2D eigenvalue weighted by Crippen LogP contribution is -2.34. The van der Waals surface area contributed by atoms with Gasteiger partial charge in [0.15, 0.2) is 0 Å². The van der Waals surface area contributed by atoms with Gasteiger partial charge in [0.2, 0.25) is 5.91 Å². The van der Waals surface area contributed by atoms with Crippen LogP contribution in [0.4, 0.5) is 0 Å². The van der Waals surface area contributed by atoms with Crippen molar-refractivity contribution in [2.75, 3.05) is 7.11 Å². The highest BCUT2D eigenvalue weighted by Crippen LogP contribution is 2.65. The SMILES string of the molecule is CCC1CC2C=CC23C1N3C(=O)Cc1coc2cc(OC)ccc12. The van der Waals surface area contributed by atoms with Gasteiger partial charge in [-0.2, -0.15) is 0 Å². The molecule has 1 saturated heterocycles. The number of amides is 1. The van der Waals surface area contributed by atoms with Crippen molar-refractivity contribution in [3.05, 3.63) is 42.2 Å². The number of hydrogen-bond donors (Lipinski definition) is 0. The van der Waals surface area contributed by atoms with Crippen molar-refractivity contribution in [3.63, 3.8) is 0 Å². The summed E-state index contributed by atoms with van der Waals surface area (Å²) < 4.78 is 10.8. The Labute approximate surface area is 141 Å². The van der Waals surface area contributed by atoms with Gasteiger partial charge in [-0.3, -0.25) is 4.79 Å². The smallest absolute Gasteiger partial charge is 0.228 e. The van der Waals surface area contributed by atoms with Crippen LogP contribution in [0.25, 0.3) is 11.0 Å². The minimum atomic E-state index is 0.0700. The summed E-state index contributed by atoms with van der Waals surface area (Å²) in [7, 11) is 1.64. The molecular weight excluding hydrogens is 302 g/mol. The third kappa shape index (κ3) is 1.61. The second kappa shape index (κ2) is 4.65. The predicted molar refractivity (Wildman–Crippen MR) is 90.9 cm³/mol. The van der Waals surface area contributed by atoms with Crippen LogP contribution in [0.5, 0.6) is 5.75 Å². The van der Waals surface area contributed by atoms with Gasteiger partial charge in [-0.15, -0.1) is 0 Å². The number of nitrogens with zero attached hydrogens (tertiary/aromatic N) is 1. The third-order valence-corrected chi connectivity index (χ3v) is 6.29. The molecule has 2 fully saturated rings. The molecule has 124 valence electrons. The summed E-state index contributed by atoms with van der Waals surface area (Å²) in [5, 5.41) is 1.00. The van der Waals surface area contributed by atoms with Crippen LogP contribution in [-0.4, -0.2) is 29.5 Å². The van der Waals surface area contributed by atoms with E-state index in [0.717, 1.165) is 28.7 Å². The first-order valence-electron chi connectivity index (χ1n) is 8.74. The normalized spacial score (nSPS) is 32.4. The van der Waals surface area contributed by atoms with Crippen molar-refractivity contribution in [1.29, 1.82) is 0 Å². The zero-order chi connectivity index (χ0) is 16.5. The number of ether oxygens (including phenoxy) is 1. The van der Waals surface area contributed by atoms with Gasteiger partial charge in [0.05, 0.1) is 31.4 Å². The number of hydrogen-bond acceptors (Lipinski definition) is 3. The number of carbonyl (C=O) groups excluding carboxylic acids is 1. The van der Waals surface area contributed by atoms with E-state index in [-0.39, 0.29) is 11.4 Å². The summed E-state index contributed by atoms with van der Waals surface area (Å²) in [5.74, 6) is 2.23. The molecule has 1 aromatic heterocycles. The van der Waals surface area contributed by atoms with Crippen LogP contribution < -0.4 is 4.74 Å². The molecule has 2 heterocycles.